The summed E-state index contributed by atoms with van der Waals surface area (Å²) in [6, 6.07) is 18.0. The number of benzene rings is 2. The summed E-state index contributed by atoms with van der Waals surface area (Å²) in [6.07, 6.45) is 2.66. The molecular weight excluding hydrogens is 278 g/mol. The molecule has 1 aliphatic rings. The molecule has 0 N–H and O–H groups in total. The number of carbonyl (C=O) groups is 2. The Morgan fingerprint density at radius 1 is 1.00 bits per heavy atom. The van der Waals surface area contributed by atoms with Crippen molar-refractivity contribution in [3.63, 3.8) is 0 Å². The fourth-order valence-corrected chi connectivity index (χ4v) is 2.41. The maximum atomic E-state index is 12.4. The van der Waals surface area contributed by atoms with Crippen molar-refractivity contribution in [2.24, 2.45) is 0 Å². The molecule has 4 nitrogen and oxygen atoms in total. The van der Waals surface area contributed by atoms with Gasteiger partial charge < -0.3 is 4.74 Å². The predicted molar refractivity (Wildman–Crippen MR) is 82.3 cm³/mol. The molecule has 2 aromatic rings. The Balaban J connectivity index is 1.84. The summed E-state index contributed by atoms with van der Waals surface area (Å²) in [5.74, 6) is 0.474. The van der Waals surface area contributed by atoms with Gasteiger partial charge in [0.05, 0.1) is 6.04 Å². The van der Waals surface area contributed by atoms with Crippen molar-refractivity contribution in [3.05, 3.63) is 78.5 Å². The number of amides is 1. The van der Waals surface area contributed by atoms with E-state index in [1.54, 1.807) is 24.3 Å². The Morgan fingerprint density at radius 3 is 2.32 bits per heavy atom. The second-order valence-corrected chi connectivity index (χ2v) is 5.00. The fourth-order valence-electron chi connectivity index (χ4n) is 2.41. The van der Waals surface area contributed by atoms with Crippen molar-refractivity contribution in [3.8, 4) is 5.75 Å². The van der Waals surface area contributed by atoms with E-state index in [2.05, 4.69) is 0 Å². The molecule has 4 heteroatoms. The van der Waals surface area contributed by atoms with E-state index in [4.69, 9.17) is 4.74 Å². The molecule has 0 saturated heterocycles. The first-order chi connectivity index (χ1) is 10.7. The lowest BCUT2D eigenvalue weighted by Crippen LogP contribution is -2.36. The minimum atomic E-state index is -0.496. The number of carbonyl (C=O) groups excluding carboxylic acids is 2. The Kier molecular flexibility index (Phi) is 4.01. The van der Waals surface area contributed by atoms with Gasteiger partial charge in [-0.25, -0.2) is 4.79 Å². The second-order valence-electron chi connectivity index (χ2n) is 5.00. The monoisotopic (exact) mass is 293 g/mol. The maximum absolute atomic E-state index is 12.4. The Bertz CT molecular complexity index is 695. The highest BCUT2D eigenvalue weighted by atomic mass is 16.6. The van der Waals surface area contributed by atoms with Crippen LogP contribution in [0.25, 0.3) is 0 Å². The molecule has 0 spiro atoms. The number of rotatable bonds is 2. The van der Waals surface area contributed by atoms with Crippen molar-refractivity contribution in [1.29, 1.82) is 0 Å². The highest BCUT2D eigenvalue weighted by Crippen LogP contribution is 2.29. The molecule has 0 radical (unpaired) electrons. The van der Waals surface area contributed by atoms with Crippen molar-refractivity contribution in [2.75, 3.05) is 0 Å². The van der Waals surface area contributed by atoms with Gasteiger partial charge in [0.1, 0.15) is 5.75 Å². The minimum absolute atomic E-state index is 0.00221. The van der Waals surface area contributed by atoms with E-state index in [9.17, 15) is 9.59 Å². The molecule has 1 atom stereocenters. The summed E-state index contributed by atoms with van der Waals surface area (Å²) in [6.45, 7) is 0. The maximum Gasteiger partial charge on any atom is 0.419 e. The van der Waals surface area contributed by atoms with Crippen molar-refractivity contribution < 1.29 is 14.3 Å². The molecule has 110 valence electrons. The van der Waals surface area contributed by atoms with Gasteiger partial charge >= 0.3 is 6.09 Å². The lowest BCUT2D eigenvalue weighted by atomic mass is 9.98. The van der Waals surface area contributed by atoms with Crippen LogP contribution in [-0.2, 0) is 4.79 Å². The zero-order valence-electron chi connectivity index (χ0n) is 11.9. The molecule has 0 aromatic heterocycles. The third-order valence-electron chi connectivity index (χ3n) is 3.49. The van der Waals surface area contributed by atoms with Crippen LogP contribution in [0, 0.1) is 0 Å². The summed E-state index contributed by atoms with van der Waals surface area (Å²) in [5.41, 5.74) is 0.908. The highest BCUT2D eigenvalue weighted by molar-refractivity contribution is 5.92. The molecule has 3 rings (SSSR count). The van der Waals surface area contributed by atoms with Crippen LogP contribution in [0.4, 0.5) is 4.79 Å². The minimum Gasteiger partial charge on any atom is -0.410 e. The first-order valence-electron chi connectivity index (χ1n) is 7.05. The third kappa shape index (κ3) is 3.06. The topological polar surface area (TPSA) is 46.6 Å². The van der Waals surface area contributed by atoms with Gasteiger partial charge in [-0.15, -0.1) is 0 Å². The second kappa shape index (κ2) is 6.26. The molecule has 2 aromatic carbocycles. The highest BCUT2D eigenvalue weighted by Gasteiger charge is 2.29. The zero-order valence-corrected chi connectivity index (χ0v) is 11.9. The molecule has 1 amide bonds. The summed E-state index contributed by atoms with van der Waals surface area (Å²) >= 11 is 0. The Labute approximate surface area is 128 Å². The smallest absolute Gasteiger partial charge is 0.410 e. The number of hydrogen-bond donors (Lipinski definition) is 0. The molecule has 0 bridgehead atoms. The molecule has 0 aliphatic carbocycles. The molecule has 1 unspecified atom stereocenters. The number of nitrogens with zero attached hydrogens (tertiary/aromatic N) is 1. The van der Waals surface area contributed by atoms with Gasteiger partial charge in [0.25, 0.3) is 0 Å². The normalized spacial score (nSPS) is 17.4. The van der Waals surface area contributed by atoms with E-state index in [0.717, 1.165) is 5.56 Å². The summed E-state index contributed by atoms with van der Waals surface area (Å²) in [7, 11) is 0. The quantitative estimate of drug-likeness (QED) is 0.848. The predicted octanol–water partition coefficient (Wildman–Crippen LogP) is 3.72. The van der Waals surface area contributed by atoms with Gasteiger partial charge in [0.2, 0.25) is 0 Å². The van der Waals surface area contributed by atoms with E-state index in [-0.39, 0.29) is 18.2 Å². The SMILES string of the molecule is O=C1C=CN(C(=O)Oc2ccccc2)C(c2ccccc2)C1. The van der Waals surface area contributed by atoms with Gasteiger partial charge in [0, 0.05) is 12.6 Å². The van der Waals surface area contributed by atoms with Gasteiger partial charge in [-0.2, -0.15) is 0 Å². The lowest BCUT2D eigenvalue weighted by molar-refractivity contribution is -0.116. The van der Waals surface area contributed by atoms with Gasteiger partial charge in [0.15, 0.2) is 5.78 Å². The van der Waals surface area contributed by atoms with Crippen LogP contribution in [-0.4, -0.2) is 16.8 Å². The van der Waals surface area contributed by atoms with Gasteiger partial charge in [-0.05, 0) is 23.8 Å². The third-order valence-corrected chi connectivity index (χ3v) is 3.49. The Morgan fingerprint density at radius 2 is 1.64 bits per heavy atom. The lowest BCUT2D eigenvalue weighted by Gasteiger charge is -2.30. The first-order valence-corrected chi connectivity index (χ1v) is 7.05. The van der Waals surface area contributed by atoms with Crippen LogP contribution in [0.5, 0.6) is 5.75 Å². The average molecular weight is 293 g/mol. The van der Waals surface area contributed by atoms with Crippen molar-refractivity contribution in [2.45, 2.75) is 12.5 Å². The van der Waals surface area contributed by atoms with Crippen LogP contribution < -0.4 is 4.74 Å². The molecule has 1 aliphatic heterocycles. The Hall–Kier alpha value is -2.88. The van der Waals surface area contributed by atoms with Crippen LogP contribution >= 0.6 is 0 Å². The first kappa shape index (κ1) is 14.1. The molecule has 0 saturated carbocycles. The average Bonchev–Trinajstić information content (AvgIpc) is 2.56. The van der Waals surface area contributed by atoms with Crippen LogP contribution in [0.3, 0.4) is 0 Å². The summed E-state index contributed by atoms with van der Waals surface area (Å²) in [5, 5.41) is 0. The van der Waals surface area contributed by atoms with Crippen molar-refractivity contribution >= 4 is 11.9 Å². The molecule has 1 heterocycles. The largest absolute Gasteiger partial charge is 0.419 e. The van der Waals surface area contributed by atoms with E-state index in [1.807, 2.05) is 36.4 Å². The number of ether oxygens (including phenoxy) is 1. The molecule has 22 heavy (non-hydrogen) atoms. The van der Waals surface area contributed by atoms with E-state index in [0.29, 0.717) is 5.75 Å². The number of hydrogen-bond acceptors (Lipinski definition) is 3. The van der Waals surface area contributed by atoms with Crippen LogP contribution in [0.1, 0.15) is 18.0 Å². The fraction of sp³-hybridized carbons (Fsp3) is 0.111. The van der Waals surface area contributed by atoms with E-state index in [1.165, 1.54) is 17.2 Å². The zero-order chi connectivity index (χ0) is 15.4. The molecular formula is C18H15NO3. The van der Waals surface area contributed by atoms with Gasteiger partial charge in [-0.1, -0.05) is 48.5 Å². The molecule has 0 fully saturated rings. The summed E-state index contributed by atoms with van der Waals surface area (Å²) in [4.78, 5) is 25.6. The van der Waals surface area contributed by atoms with Crippen LogP contribution in [0.15, 0.2) is 72.9 Å². The van der Waals surface area contributed by atoms with E-state index >= 15 is 0 Å². The van der Waals surface area contributed by atoms with Gasteiger partial charge in [-0.3, -0.25) is 9.69 Å². The van der Waals surface area contributed by atoms with Crippen molar-refractivity contribution in [1.82, 2.24) is 4.90 Å². The number of para-hydroxylation sites is 1. The number of allylic oxidation sites excluding steroid dienone is 1. The standard InChI is InChI=1S/C18H15NO3/c20-15-11-12-19(17(13-15)14-7-3-1-4-8-14)18(21)22-16-9-5-2-6-10-16/h1-12,17H,13H2. The van der Waals surface area contributed by atoms with E-state index < -0.39 is 6.09 Å². The van der Waals surface area contributed by atoms with Crippen LogP contribution in [0.2, 0.25) is 0 Å². The summed E-state index contributed by atoms with van der Waals surface area (Å²) < 4.78 is 5.37. The number of ketones is 1.